The van der Waals surface area contributed by atoms with Gasteiger partial charge in [0.05, 0.1) is 6.42 Å². The van der Waals surface area contributed by atoms with Crippen LogP contribution in [0.25, 0.3) is 11.4 Å². The summed E-state index contributed by atoms with van der Waals surface area (Å²) in [6.07, 6.45) is 0.436. The number of rotatable bonds is 3. The molecule has 0 unspecified atom stereocenters. The van der Waals surface area contributed by atoms with Gasteiger partial charge in [-0.05, 0) is 5.56 Å². The van der Waals surface area contributed by atoms with Crippen molar-refractivity contribution in [2.45, 2.75) is 13.3 Å². The van der Waals surface area contributed by atoms with Gasteiger partial charge in [-0.15, -0.1) is 0 Å². The van der Waals surface area contributed by atoms with Crippen molar-refractivity contribution in [2.75, 3.05) is 26.2 Å². The summed E-state index contributed by atoms with van der Waals surface area (Å²) >= 11 is 0. The van der Waals surface area contributed by atoms with E-state index in [0.29, 0.717) is 18.1 Å². The molecule has 1 fully saturated rings. The van der Waals surface area contributed by atoms with Gasteiger partial charge < -0.3 is 14.7 Å². The molecule has 2 aromatic rings. The molecule has 3 rings (SSSR count). The van der Waals surface area contributed by atoms with Crippen LogP contribution in [0.5, 0.6) is 0 Å². The topological polar surface area (TPSA) is 71.3 Å². The fourth-order valence-electron chi connectivity index (χ4n) is 2.39. The number of nitrogens with one attached hydrogen (secondary N) is 1. The predicted octanol–water partition coefficient (Wildman–Crippen LogP) is 1.02. The van der Waals surface area contributed by atoms with Crippen LogP contribution < -0.4 is 5.32 Å². The Hall–Kier alpha value is -2.21. The summed E-state index contributed by atoms with van der Waals surface area (Å²) in [4.78, 5) is 18.3. The molecular formula is C15H18N4O2. The Morgan fingerprint density at radius 1 is 1.29 bits per heavy atom. The SMILES string of the molecule is Cc1nc(-c2ccc(CC(=O)N3CCNCC3)cc2)no1. The average molecular weight is 286 g/mol. The van der Waals surface area contributed by atoms with Crippen LogP contribution in [0.2, 0.25) is 0 Å². The van der Waals surface area contributed by atoms with Crippen molar-refractivity contribution in [3.8, 4) is 11.4 Å². The first kappa shape index (κ1) is 13.8. The number of hydrogen-bond donors (Lipinski definition) is 1. The third kappa shape index (κ3) is 3.28. The third-order valence-corrected chi connectivity index (χ3v) is 3.56. The Labute approximate surface area is 123 Å². The van der Waals surface area contributed by atoms with Gasteiger partial charge in [0, 0.05) is 38.7 Å². The summed E-state index contributed by atoms with van der Waals surface area (Å²) in [6, 6.07) is 7.73. The van der Waals surface area contributed by atoms with Crippen molar-refractivity contribution < 1.29 is 9.32 Å². The number of piperazine rings is 1. The van der Waals surface area contributed by atoms with E-state index in [1.807, 2.05) is 29.2 Å². The van der Waals surface area contributed by atoms with Gasteiger partial charge in [-0.2, -0.15) is 4.98 Å². The maximum absolute atomic E-state index is 12.2. The Balaban J connectivity index is 1.65. The van der Waals surface area contributed by atoms with Gasteiger partial charge in [0.2, 0.25) is 17.6 Å². The highest BCUT2D eigenvalue weighted by Crippen LogP contribution is 2.17. The lowest BCUT2D eigenvalue weighted by Gasteiger charge is -2.27. The predicted molar refractivity (Wildman–Crippen MR) is 77.6 cm³/mol. The monoisotopic (exact) mass is 286 g/mol. The molecule has 6 nitrogen and oxygen atoms in total. The van der Waals surface area contributed by atoms with E-state index in [4.69, 9.17) is 4.52 Å². The van der Waals surface area contributed by atoms with Crippen LogP contribution in [0.3, 0.4) is 0 Å². The van der Waals surface area contributed by atoms with E-state index in [1.54, 1.807) is 6.92 Å². The summed E-state index contributed by atoms with van der Waals surface area (Å²) in [6.45, 7) is 5.10. The van der Waals surface area contributed by atoms with Gasteiger partial charge in [0.15, 0.2) is 0 Å². The number of aromatic nitrogens is 2. The largest absolute Gasteiger partial charge is 0.340 e. The number of carbonyl (C=O) groups excluding carboxylic acids is 1. The van der Waals surface area contributed by atoms with Gasteiger partial charge >= 0.3 is 0 Å². The van der Waals surface area contributed by atoms with Crippen LogP contribution in [0.4, 0.5) is 0 Å². The molecule has 0 aliphatic carbocycles. The molecule has 0 spiro atoms. The quantitative estimate of drug-likeness (QED) is 0.912. The molecule has 1 amide bonds. The highest BCUT2D eigenvalue weighted by Gasteiger charge is 2.16. The van der Waals surface area contributed by atoms with Crippen LogP contribution in [-0.4, -0.2) is 47.1 Å². The number of aryl methyl sites for hydroxylation is 1. The van der Waals surface area contributed by atoms with Crippen molar-refractivity contribution in [1.82, 2.24) is 20.4 Å². The van der Waals surface area contributed by atoms with Crippen molar-refractivity contribution >= 4 is 5.91 Å². The van der Waals surface area contributed by atoms with Gasteiger partial charge in [-0.1, -0.05) is 29.4 Å². The first-order chi connectivity index (χ1) is 10.2. The van der Waals surface area contributed by atoms with Crippen LogP contribution in [-0.2, 0) is 11.2 Å². The van der Waals surface area contributed by atoms with E-state index in [0.717, 1.165) is 37.3 Å². The molecule has 1 aromatic heterocycles. The lowest BCUT2D eigenvalue weighted by molar-refractivity contribution is -0.131. The second-order valence-electron chi connectivity index (χ2n) is 5.14. The summed E-state index contributed by atoms with van der Waals surface area (Å²) in [5, 5.41) is 7.13. The van der Waals surface area contributed by atoms with Crippen molar-refractivity contribution in [1.29, 1.82) is 0 Å². The number of carbonyl (C=O) groups is 1. The van der Waals surface area contributed by atoms with Gasteiger partial charge in [0.25, 0.3) is 0 Å². The molecule has 110 valence electrons. The summed E-state index contributed by atoms with van der Waals surface area (Å²) in [7, 11) is 0. The van der Waals surface area contributed by atoms with E-state index in [1.165, 1.54) is 0 Å². The molecule has 2 heterocycles. The zero-order chi connectivity index (χ0) is 14.7. The molecule has 0 saturated carbocycles. The van der Waals surface area contributed by atoms with Crippen molar-refractivity contribution in [2.24, 2.45) is 0 Å². The van der Waals surface area contributed by atoms with Crippen LogP contribution in [0.1, 0.15) is 11.5 Å². The summed E-state index contributed by atoms with van der Waals surface area (Å²) in [5.41, 5.74) is 1.90. The zero-order valence-corrected chi connectivity index (χ0v) is 12.0. The van der Waals surface area contributed by atoms with Gasteiger partial charge in [-0.3, -0.25) is 4.79 Å². The van der Waals surface area contributed by atoms with E-state index >= 15 is 0 Å². The number of benzene rings is 1. The lowest BCUT2D eigenvalue weighted by Crippen LogP contribution is -2.46. The fraction of sp³-hybridized carbons (Fsp3) is 0.400. The standard InChI is InChI=1S/C15H18N4O2/c1-11-17-15(18-21-11)13-4-2-12(3-5-13)10-14(20)19-8-6-16-7-9-19/h2-5,16H,6-10H2,1H3. The molecule has 6 heteroatoms. The normalized spacial score (nSPS) is 15.2. The Morgan fingerprint density at radius 3 is 2.62 bits per heavy atom. The molecule has 1 N–H and O–H groups in total. The molecule has 0 radical (unpaired) electrons. The average Bonchev–Trinajstić information content (AvgIpc) is 2.95. The molecule has 0 atom stereocenters. The third-order valence-electron chi connectivity index (χ3n) is 3.56. The maximum atomic E-state index is 12.2. The second kappa shape index (κ2) is 6.05. The minimum absolute atomic E-state index is 0.180. The molecule has 1 aromatic carbocycles. The molecule has 0 bridgehead atoms. The summed E-state index contributed by atoms with van der Waals surface area (Å²) in [5.74, 6) is 1.30. The van der Waals surface area contributed by atoms with Crippen LogP contribution in [0, 0.1) is 6.92 Å². The molecular weight excluding hydrogens is 268 g/mol. The van der Waals surface area contributed by atoms with E-state index in [9.17, 15) is 4.79 Å². The smallest absolute Gasteiger partial charge is 0.227 e. The number of hydrogen-bond acceptors (Lipinski definition) is 5. The second-order valence-corrected chi connectivity index (χ2v) is 5.14. The zero-order valence-electron chi connectivity index (χ0n) is 12.0. The van der Waals surface area contributed by atoms with Crippen molar-refractivity contribution in [3.05, 3.63) is 35.7 Å². The van der Waals surface area contributed by atoms with Gasteiger partial charge in [0.1, 0.15) is 0 Å². The Kier molecular flexibility index (Phi) is 3.96. The minimum Gasteiger partial charge on any atom is -0.340 e. The Bertz CT molecular complexity index is 615. The van der Waals surface area contributed by atoms with Crippen LogP contribution >= 0.6 is 0 Å². The number of nitrogens with zero attached hydrogens (tertiary/aromatic N) is 3. The van der Waals surface area contributed by atoms with E-state index < -0.39 is 0 Å². The maximum Gasteiger partial charge on any atom is 0.227 e. The minimum atomic E-state index is 0.180. The molecule has 1 aliphatic heterocycles. The summed E-state index contributed by atoms with van der Waals surface area (Å²) < 4.78 is 4.97. The fourth-order valence-corrected chi connectivity index (χ4v) is 2.39. The highest BCUT2D eigenvalue weighted by atomic mass is 16.5. The molecule has 1 saturated heterocycles. The molecule has 1 aliphatic rings. The number of amides is 1. The van der Waals surface area contributed by atoms with Crippen molar-refractivity contribution in [3.63, 3.8) is 0 Å². The van der Waals surface area contributed by atoms with Crippen LogP contribution in [0.15, 0.2) is 28.8 Å². The Morgan fingerprint density at radius 2 is 2.00 bits per heavy atom. The van der Waals surface area contributed by atoms with E-state index in [2.05, 4.69) is 15.5 Å². The van der Waals surface area contributed by atoms with Gasteiger partial charge in [-0.25, -0.2) is 0 Å². The first-order valence-corrected chi connectivity index (χ1v) is 7.10. The lowest BCUT2D eigenvalue weighted by atomic mass is 10.1. The highest BCUT2D eigenvalue weighted by molar-refractivity contribution is 5.79. The first-order valence-electron chi connectivity index (χ1n) is 7.10. The molecule has 21 heavy (non-hydrogen) atoms. The van der Waals surface area contributed by atoms with E-state index in [-0.39, 0.29) is 5.91 Å².